The molecule has 0 atom stereocenters. The van der Waals surface area contributed by atoms with E-state index in [0.717, 1.165) is 15.8 Å². The molecular formula is C15H12BrNO3S. The Labute approximate surface area is 134 Å². The molecule has 0 bridgehead atoms. The first-order chi connectivity index (χ1) is 10.1. The lowest BCUT2D eigenvalue weighted by Crippen LogP contribution is -2.35. The lowest BCUT2D eigenvalue weighted by molar-refractivity contribution is 0.0695. The highest BCUT2D eigenvalue weighted by molar-refractivity contribution is 9.11. The van der Waals surface area contributed by atoms with E-state index in [4.69, 9.17) is 0 Å². The maximum Gasteiger partial charge on any atom is 0.336 e. The topological polar surface area (TPSA) is 57.6 Å². The second-order valence-corrected chi connectivity index (χ2v) is 7.10. The van der Waals surface area contributed by atoms with Crippen molar-refractivity contribution < 1.29 is 14.7 Å². The highest BCUT2D eigenvalue weighted by Crippen LogP contribution is 2.32. The fourth-order valence-electron chi connectivity index (χ4n) is 2.61. The van der Waals surface area contributed by atoms with Crippen LogP contribution < -0.4 is 4.90 Å². The number of hydrogen-bond acceptors (Lipinski definition) is 3. The van der Waals surface area contributed by atoms with Gasteiger partial charge in [0.05, 0.1) is 14.9 Å². The lowest BCUT2D eigenvalue weighted by atomic mass is 9.96. The van der Waals surface area contributed by atoms with Crippen LogP contribution >= 0.6 is 27.3 Å². The zero-order valence-corrected chi connectivity index (χ0v) is 13.4. The maximum absolute atomic E-state index is 12.6. The third-order valence-electron chi connectivity index (χ3n) is 3.54. The third kappa shape index (κ3) is 2.61. The number of rotatable bonds is 2. The van der Waals surface area contributed by atoms with Crippen molar-refractivity contribution >= 4 is 44.8 Å². The number of carboxylic acids is 1. The van der Waals surface area contributed by atoms with Crippen LogP contribution in [0.25, 0.3) is 0 Å². The number of hydrogen-bond donors (Lipinski definition) is 1. The van der Waals surface area contributed by atoms with Crippen LogP contribution in [0.4, 0.5) is 5.69 Å². The standard InChI is InChI=1S/C15H12BrNO3S/c16-13-7-9(8-21-13)14(18)17-6-2-4-10-11(15(19)20)3-1-5-12(10)17/h1,3,5,7-8H,2,4,6H2,(H,19,20). The number of aromatic carboxylic acids is 1. The van der Waals surface area contributed by atoms with Gasteiger partial charge in [0.1, 0.15) is 0 Å². The van der Waals surface area contributed by atoms with E-state index in [1.165, 1.54) is 11.3 Å². The van der Waals surface area contributed by atoms with Crippen molar-refractivity contribution in [3.63, 3.8) is 0 Å². The molecule has 21 heavy (non-hydrogen) atoms. The first-order valence-corrected chi connectivity index (χ1v) is 8.16. The monoisotopic (exact) mass is 365 g/mol. The Morgan fingerprint density at radius 2 is 2.14 bits per heavy atom. The van der Waals surface area contributed by atoms with Gasteiger partial charge in [-0.05, 0) is 52.5 Å². The van der Waals surface area contributed by atoms with Gasteiger partial charge in [0, 0.05) is 17.6 Å². The smallest absolute Gasteiger partial charge is 0.336 e. The molecule has 0 aliphatic carbocycles. The summed E-state index contributed by atoms with van der Waals surface area (Å²) in [6.45, 7) is 0.613. The number of benzene rings is 1. The average Bonchev–Trinajstić information content (AvgIpc) is 2.91. The van der Waals surface area contributed by atoms with Crippen LogP contribution in [0, 0.1) is 0 Å². The summed E-state index contributed by atoms with van der Waals surface area (Å²) in [6, 6.07) is 6.90. The van der Waals surface area contributed by atoms with Crippen molar-refractivity contribution in [1.29, 1.82) is 0 Å². The van der Waals surface area contributed by atoms with Crippen molar-refractivity contribution in [3.8, 4) is 0 Å². The van der Waals surface area contributed by atoms with Crippen LogP contribution in [0.5, 0.6) is 0 Å². The average molecular weight is 366 g/mol. The fourth-order valence-corrected chi connectivity index (χ4v) is 3.74. The zero-order valence-electron chi connectivity index (χ0n) is 11.0. The number of thiophene rings is 1. The molecule has 0 unspecified atom stereocenters. The zero-order chi connectivity index (χ0) is 15.0. The summed E-state index contributed by atoms with van der Waals surface area (Å²) in [7, 11) is 0. The number of nitrogens with zero attached hydrogens (tertiary/aromatic N) is 1. The van der Waals surface area contributed by atoms with Gasteiger partial charge in [-0.2, -0.15) is 0 Å². The molecule has 1 aromatic heterocycles. The quantitative estimate of drug-likeness (QED) is 0.880. The van der Waals surface area contributed by atoms with Crippen molar-refractivity contribution in [3.05, 3.63) is 50.1 Å². The van der Waals surface area contributed by atoms with E-state index < -0.39 is 5.97 Å². The molecule has 1 aliphatic heterocycles. The molecule has 2 aromatic rings. The van der Waals surface area contributed by atoms with Crippen LogP contribution in [-0.2, 0) is 6.42 Å². The number of amides is 1. The molecule has 0 radical (unpaired) electrons. The lowest BCUT2D eigenvalue weighted by Gasteiger charge is -2.30. The van der Waals surface area contributed by atoms with E-state index in [1.807, 2.05) is 11.4 Å². The van der Waals surface area contributed by atoms with E-state index in [1.54, 1.807) is 23.1 Å². The SMILES string of the molecule is O=C(O)c1cccc2c1CCCN2C(=O)c1csc(Br)c1. The minimum Gasteiger partial charge on any atom is -0.478 e. The van der Waals surface area contributed by atoms with Crippen LogP contribution in [0.3, 0.4) is 0 Å². The Morgan fingerprint density at radius 1 is 1.33 bits per heavy atom. The summed E-state index contributed by atoms with van der Waals surface area (Å²) < 4.78 is 0.905. The van der Waals surface area contributed by atoms with E-state index in [-0.39, 0.29) is 11.5 Å². The predicted molar refractivity (Wildman–Crippen MR) is 85.4 cm³/mol. The Morgan fingerprint density at radius 3 is 2.81 bits per heavy atom. The number of halogens is 1. The molecule has 1 aliphatic rings. The van der Waals surface area contributed by atoms with E-state index in [9.17, 15) is 14.7 Å². The van der Waals surface area contributed by atoms with Gasteiger partial charge in [0.25, 0.3) is 5.91 Å². The third-order valence-corrected chi connectivity index (χ3v) is 5.05. The van der Waals surface area contributed by atoms with Gasteiger partial charge in [0.2, 0.25) is 0 Å². The molecule has 1 aromatic carbocycles. The van der Waals surface area contributed by atoms with E-state index in [2.05, 4.69) is 15.9 Å². The van der Waals surface area contributed by atoms with Gasteiger partial charge in [-0.25, -0.2) is 4.79 Å². The summed E-state index contributed by atoms with van der Waals surface area (Å²) >= 11 is 4.82. The second kappa shape index (κ2) is 5.61. The largest absolute Gasteiger partial charge is 0.478 e. The molecule has 6 heteroatoms. The highest BCUT2D eigenvalue weighted by Gasteiger charge is 2.27. The molecular weight excluding hydrogens is 354 g/mol. The number of anilines is 1. The Hall–Kier alpha value is -1.66. The van der Waals surface area contributed by atoms with Gasteiger partial charge in [0.15, 0.2) is 0 Å². The van der Waals surface area contributed by atoms with E-state index in [0.29, 0.717) is 24.2 Å². The van der Waals surface area contributed by atoms with Crippen LogP contribution in [0.2, 0.25) is 0 Å². The normalized spacial score (nSPS) is 13.9. The number of carboxylic acid groups (broad SMARTS) is 1. The maximum atomic E-state index is 12.6. The van der Waals surface area contributed by atoms with Crippen molar-refractivity contribution in [2.24, 2.45) is 0 Å². The minimum absolute atomic E-state index is 0.0829. The minimum atomic E-state index is -0.945. The van der Waals surface area contributed by atoms with Crippen molar-refractivity contribution in [2.75, 3.05) is 11.4 Å². The highest BCUT2D eigenvalue weighted by atomic mass is 79.9. The number of fused-ring (bicyclic) bond motifs is 1. The summed E-state index contributed by atoms with van der Waals surface area (Å²) in [4.78, 5) is 25.6. The molecule has 2 heterocycles. The molecule has 0 saturated carbocycles. The molecule has 1 amide bonds. The summed E-state index contributed by atoms with van der Waals surface area (Å²) in [6.07, 6.45) is 1.46. The van der Waals surface area contributed by atoms with Gasteiger partial charge >= 0.3 is 5.97 Å². The van der Waals surface area contributed by atoms with Crippen LogP contribution in [0.1, 0.15) is 32.7 Å². The van der Waals surface area contributed by atoms with Gasteiger partial charge in [-0.15, -0.1) is 11.3 Å². The Kier molecular flexibility index (Phi) is 3.82. The van der Waals surface area contributed by atoms with Gasteiger partial charge < -0.3 is 10.0 Å². The van der Waals surface area contributed by atoms with Crippen molar-refractivity contribution in [1.82, 2.24) is 0 Å². The molecule has 0 saturated heterocycles. The summed E-state index contributed by atoms with van der Waals surface area (Å²) in [5.41, 5.74) is 2.38. The second-order valence-electron chi connectivity index (χ2n) is 4.81. The Balaban J connectivity index is 2.03. The summed E-state index contributed by atoms with van der Waals surface area (Å²) in [5, 5.41) is 11.1. The number of carbonyl (C=O) groups is 2. The van der Waals surface area contributed by atoms with Crippen LogP contribution in [0.15, 0.2) is 33.4 Å². The molecule has 1 N–H and O–H groups in total. The number of carbonyl (C=O) groups excluding carboxylic acids is 1. The molecule has 4 nitrogen and oxygen atoms in total. The van der Waals surface area contributed by atoms with Crippen LogP contribution in [-0.4, -0.2) is 23.5 Å². The first-order valence-electron chi connectivity index (χ1n) is 6.49. The molecule has 0 fully saturated rings. The predicted octanol–water partition coefficient (Wildman–Crippen LogP) is 3.80. The Bertz CT molecular complexity index is 725. The summed E-state index contributed by atoms with van der Waals surface area (Å²) in [5.74, 6) is -1.03. The molecule has 3 rings (SSSR count). The molecule has 0 spiro atoms. The van der Waals surface area contributed by atoms with Gasteiger partial charge in [-0.1, -0.05) is 6.07 Å². The molecule has 108 valence electrons. The first kappa shape index (κ1) is 14.3. The fraction of sp³-hybridized carbons (Fsp3) is 0.200. The van der Waals surface area contributed by atoms with Gasteiger partial charge in [-0.3, -0.25) is 4.79 Å². The van der Waals surface area contributed by atoms with E-state index >= 15 is 0 Å². The van der Waals surface area contributed by atoms with Crippen molar-refractivity contribution in [2.45, 2.75) is 12.8 Å².